The molecule has 0 radical (unpaired) electrons. The third-order valence-electron chi connectivity index (χ3n) is 7.32. The van der Waals surface area contributed by atoms with Crippen molar-refractivity contribution in [3.05, 3.63) is 59.2 Å². The lowest BCUT2D eigenvalue weighted by Gasteiger charge is -2.30. The molecule has 7 nitrogen and oxygen atoms in total. The predicted octanol–water partition coefficient (Wildman–Crippen LogP) is 4.47. The van der Waals surface area contributed by atoms with Crippen molar-refractivity contribution in [3.8, 4) is 11.5 Å². The Balaban J connectivity index is 1.65. The Morgan fingerprint density at radius 3 is 2.51 bits per heavy atom. The van der Waals surface area contributed by atoms with E-state index in [2.05, 4.69) is 71.5 Å². The van der Waals surface area contributed by atoms with Crippen LogP contribution in [0.3, 0.4) is 0 Å². The van der Waals surface area contributed by atoms with Gasteiger partial charge in [0.2, 0.25) is 5.91 Å². The number of likely N-dealkylation sites (tertiary alicyclic amines) is 1. The Kier molecular flexibility index (Phi) is 9.11. The highest BCUT2D eigenvalue weighted by Gasteiger charge is 2.35. The molecule has 3 N–H and O–H groups in total. The second kappa shape index (κ2) is 12.5. The van der Waals surface area contributed by atoms with Gasteiger partial charge in [-0.3, -0.25) is 9.69 Å². The fourth-order valence-electron chi connectivity index (χ4n) is 5.33. The number of amides is 1. The number of aromatic hydroxyl groups is 1. The van der Waals surface area contributed by atoms with Gasteiger partial charge in [0.15, 0.2) is 0 Å². The van der Waals surface area contributed by atoms with Crippen molar-refractivity contribution in [2.45, 2.75) is 58.5 Å². The number of carbonyl (C=O) groups excluding carboxylic acids is 1. The summed E-state index contributed by atoms with van der Waals surface area (Å²) < 4.78 is 5.54. The molecule has 7 heteroatoms. The molecule has 2 aromatic rings. The number of hydrogen-bond acceptors (Lipinski definition) is 6. The van der Waals surface area contributed by atoms with E-state index >= 15 is 0 Å². The SMILES string of the molecule is CCNCCNC(=O)C1CC=C(c2cc(C(C)C)c(OC)cc2O)N1c1ccc(CN2CCCC2)cc1. The van der Waals surface area contributed by atoms with E-state index in [1.54, 1.807) is 13.2 Å². The average molecular weight is 507 g/mol. The number of phenolic OH excluding ortho intramolecular Hbond substituents is 1. The highest BCUT2D eigenvalue weighted by molar-refractivity contribution is 5.96. The van der Waals surface area contributed by atoms with Gasteiger partial charge in [0.05, 0.1) is 7.11 Å². The number of nitrogens with one attached hydrogen (secondary N) is 2. The fourth-order valence-corrected chi connectivity index (χ4v) is 5.33. The Bertz CT molecular complexity index is 1090. The molecule has 1 amide bonds. The van der Waals surface area contributed by atoms with Gasteiger partial charge >= 0.3 is 0 Å². The van der Waals surface area contributed by atoms with Crippen molar-refractivity contribution in [2.75, 3.05) is 44.7 Å². The van der Waals surface area contributed by atoms with Crippen LogP contribution in [0.15, 0.2) is 42.5 Å². The summed E-state index contributed by atoms with van der Waals surface area (Å²) in [5.41, 5.74) is 4.81. The minimum absolute atomic E-state index is 0.0117. The molecule has 1 atom stereocenters. The number of methoxy groups -OCH3 is 1. The van der Waals surface area contributed by atoms with E-state index in [0.29, 0.717) is 24.3 Å². The molecular formula is C30H42N4O3. The van der Waals surface area contributed by atoms with Crippen LogP contribution >= 0.6 is 0 Å². The van der Waals surface area contributed by atoms with Gasteiger partial charge < -0.3 is 25.4 Å². The van der Waals surface area contributed by atoms with Gasteiger partial charge in [0.25, 0.3) is 0 Å². The van der Waals surface area contributed by atoms with Crippen molar-refractivity contribution in [1.82, 2.24) is 15.5 Å². The Morgan fingerprint density at radius 1 is 1.14 bits per heavy atom. The van der Waals surface area contributed by atoms with Crippen molar-refractivity contribution >= 4 is 17.3 Å². The lowest BCUT2D eigenvalue weighted by molar-refractivity contribution is -0.122. The topological polar surface area (TPSA) is 77.1 Å². The fraction of sp³-hybridized carbons (Fsp3) is 0.500. The van der Waals surface area contributed by atoms with Crippen LogP contribution in [-0.4, -0.2) is 61.8 Å². The van der Waals surface area contributed by atoms with E-state index in [1.165, 1.54) is 18.4 Å². The summed E-state index contributed by atoms with van der Waals surface area (Å²) in [6, 6.07) is 11.8. The number of anilines is 1. The van der Waals surface area contributed by atoms with Crippen LogP contribution in [0.1, 0.15) is 62.6 Å². The second-order valence-corrected chi connectivity index (χ2v) is 10.3. The van der Waals surface area contributed by atoms with Gasteiger partial charge in [-0.1, -0.05) is 39.0 Å². The number of benzene rings is 2. The van der Waals surface area contributed by atoms with Crippen LogP contribution in [0.4, 0.5) is 5.69 Å². The molecule has 37 heavy (non-hydrogen) atoms. The van der Waals surface area contributed by atoms with Crippen LogP contribution < -0.4 is 20.3 Å². The molecule has 2 aliphatic heterocycles. The van der Waals surface area contributed by atoms with Gasteiger partial charge in [0.1, 0.15) is 17.5 Å². The van der Waals surface area contributed by atoms with Gasteiger partial charge in [0, 0.05) is 42.6 Å². The maximum Gasteiger partial charge on any atom is 0.243 e. The summed E-state index contributed by atoms with van der Waals surface area (Å²) >= 11 is 0. The maximum atomic E-state index is 13.3. The molecule has 2 heterocycles. The Hall–Kier alpha value is -3.03. The van der Waals surface area contributed by atoms with Gasteiger partial charge in [-0.25, -0.2) is 0 Å². The van der Waals surface area contributed by atoms with Crippen LogP contribution in [-0.2, 0) is 11.3 Å². The summed E-state index contributed by atoms with van der Waals surface area (Å²) in [6.45, 7) is 11.7. The maximum absolute atomic E-state index is 13.3. The molecule has 4 rings (SSSR count). The number of nitrogens with zero attached hydrogens (tertiary/aromatic N) is 2. The largest absolute Gasteiger partial charge is 0.507 e. The Morgan fingerprint density at radius 2 is 1.86 bits per heavy atom. The summed E-state index contributed by atoms with van der Waals surface area (Å²) in [5.74, 6) is 1.03. The molecule has 0 spiro atoms. The number of likely N-dealkylation sites (N-methyl/N-ethyl adjacent to an activating group) is 1. The molecule has 1 fully saturated rings. The molecule has 0 aromatic heterocycles. The van der Waals surface area contributed by atoms with Gasteiger partial charge in [-0.05, 0) is 74.1 Å². The van der Waals surface area contributed by atoms with E-state index in [1.807, 2.05) is 6.07 Å². The first kappa shape index (κ1) is 27.0. The molecule has 2 aliphatic rings. The van der Waals surface area contributed by atoms with Crippen LogP contribution in [0.2, 0.25) is 0 Å². The molecule has 2 aromatic carbocycles. The summed E-state index contributed by atoms with van der Waals surface area (Å²) in [5, 5.41) is 17.4. The first-order valence-corrected chi connectivity index (χ1v) is 13.6. The van der Waals surface area contributed by atoms with Crippen molar-refractivity contribution in [2.24, 2.45) is 0 Å². The van der Waals surface area contributed by atoms with E-state index in [0.717, 1.165) is 49.7 Å². The minimum atomic E-state index is -0.384. The molecule has 1 saturated heterocycles. The molecule has 200 valence electrons. The Labute approximate surface area is 221 Å². The number of phenols is 1. The van der Waals surface area contributed by atoms with Crippen molar-refractivity contribution in [3.63, 3.8) is 0 Å². The first-order valence-electron chi connectivity index (χ1n) is 13.6. The number of rotatable bonds is 11. The zero-order valence-corrected chi connectivity index (χ0v) is 22.7. The van der Waals surface area contributed by atoms with E-state index < -0.39 is 0 Å². The lowest BCUT2D eigenvalue weighted by Crippen LogP contribution is -2.45. The second-order valence-electron chi connectivity index (χ2n) is 10.3. The molecule has 0 saturated carbocycles. The third-order valence-corrected chi connectivity index (χ3v) is 7.32. The zero-order valence-electron chi connectivity index (χ0n) is 22.7. The smallest absolute Gasteiger partial charge is 0.243 e. The highest BCUT2D eigenvalue weighted by Crippen LogP contribution is 2.42. The summed E-state index contributed by atoms with van der Waals surface area (Å²) in [7, 11) is 1.62. The van der Waals surface area contributed by atoms with E-state index in [4.69, 9.17) is 4.74 Å². The van der Waals surface area contributed by atoms with Crippen LogP contribution in [0.5, 0.6) is 11.5 Å². The van der Waals surface area contributed by atoms with E-state index in [-0.39, 0.29) is 23.6 Å². The van der Waals surface area contributed by atoms with Crippen LogP contribution in [0.25, 0.3) is 5.70 Å². The molecular weight excluding hydrogens is 464 g/mol. The first-order chi connectivity index (χ1) is 17.9. The highest BCUT2D eigenvalue weighted by atomic mass is 16.5. The van der Waals surface area contributed by atoms with E-state index in [9.17, 15) is 9.90 Å². The molecule has 0 aliphatic carbocycles. The van der Waals surface area contributed by atoms with Gasteiger partial charge in [-0.15, -0.1) is 0 Å². The number of hydrogen-bond donors (Lipinski definition) is 3. The quantitative estimate of drug-likeness (QED) is 0.391. The molecule has 0 bridgehead atoms. The lowest BCUT2D eigenvalue weighted by atomic mass is 9.97. The molecule has 1 unspecified atom stereocenters. The van der Waals surface area contributed by atoms with Crippen molar-refractivity contribution < 1.29 is 14.6 Å². The van der Waals surface area contributed by atoms with Crippen molar-refractivity contribution in [1.29, 1.82) is 0 Å². The average Bonchev–Trinajstić information content (AvgIpc) is 3.57. The number of ether oxygens (including phenoxy) is 1. The number of carbonyl (C=O) groups is 1. The summed E-state index contributed by atoms with van der Waals surface area (Å²) in [4.78, 5) is 17.9. The standard InChI is InChI=1S/C30H42N4O3/c1-5-31-14-15-32-30(36)27-13-12-26(25-18-24(21(2)3)29(37-4)19-28(25)35)34(27)23-10-8-22(9-11-23)20-33-16-6-7-17-33/h8-12,18-19,21,27,31,35H,5-7,13-17,20H2,1-4H3,(H,32,36). The monoisotopic (exact) mass is 506 g/mol. The van der Waals surface area contributed by atoms with Crippen LogP contribution in [0, 0.1) is 0 Å². The zero-order chi connectivity index (χ0) is 26.4. The minimum Gasteiger partial charge on any atom is -0.507 e. The predicted molar refractivity (Wildman–Crippen MR) is 150 cm³/mol. The third kappa shape index (κ3) is 6.28. The normalized spacial score (nSPS) is 17.9. The van der Waals surface area contributed by atoms with Gasteiger partial charge in [-0.2, -0.15) is 0 Å². The summed E-state index contributed by atoms with van der Waals surface area (Å²) in [6.07, 6.45) is 5.18.